The third kappa shape index (κ3) is 2.66. The molecular formula is C13H9N7. The molecule has 20 heavy (non-hydrogen) atoms. The summed E-state index contributed by atoms with van der Waals surface area (Å²) in [4.78, 5) is 27.4. The maximum atomic E-state index is 4.06. The van der Waals surface area contributed by atoms with Crippen LogP contribution in [0.1, 0.15) is 0 Å². The fourth-order valence-corrected chi connectivity index (χ4v) is 1.55. The Bertz CT molecular complexity index is 632. The van der Waals surface area contributed by atoms with Gasteiger partial charge in [-0.05, 0) is 12.1 Å². The van der Waals surface area contributed by atoms with Crippen LogP contribution in [0.4, 0.5) is 0 Å². The van der Waals surface area contributed by atoms with Gasteiger partial charge in [-0.1, -0.05) is 0 Å². The second-order valence-corrected chi connectivity index (χ2v) is 3.75. The second-order valence-electron chi connectivity index (χ2n) is 3.75. The van der Waals surface area contributed by atoms with Gasteiger partial charge >= 0.3 is 0 Å². The summed E-state index contributed by atoms with van der Waals surface area (Å²) in [5.41, 5.74) is 3.28. The topological polar surface area (TPSA) is 90.2 Å². The Kier molecular flexibility index (Phi) is 3.41. The molecule has 0 unspecified atom stereocenters. The van der Waals surface area contributed by atoms with Crippen LogP contribution < -0.4 is 0 Å². The molecule has 7 heteroatoms. The van der Waals surface area contributed by atoms with Crippen LogP contribution in [0, 0.1) is 0 Å². The summed E-state index contributed by atoms with van der Waals surface area (Å²) >= 11 is 0. The van der Waals surface area contributed by atoms with Gasteiger partial charge in [0.15, 0.2) is 0 Å². The first kappa shape index (κ1) is 12.0. The lowest BCUT2D eigenvalue weighted by Gasteiger charge is -1.89. The van der Waals surface area contributed by atoms with Gasteiger partial charge in [-0.15, -0.1) is 0 Å². The van der Waals surface area contributed by atoms with Gasteiger partial charge in [0.1, 0.15) is 35.5 Å². The number of rotatable bonds is 0. The van der Waals surface area contributed by atoms with Crippen molar-refractivity contribution in [3.05, 3.63) is 55.9 Å². The lowest BCUT2D eigenvalue weighted by atomic mass is 10.4. The van der Waals surface area contributed by atoms with Crippen molar-refractivity contribution < 1.29 is 0 Å². The second kappa shape index (κ2) is 5.70. The molecule has 0 amide bonds. The van der Waals surface area contributed by atoms with Gasteiger partial charge in [0.05, 0.1) is 24.1 Å². The van der Waals surface area contributed by atoms with Gasteiger partial charge in [-0.3, -0.25) is 4.98 Å². The van der Waals surface area contributed by atoms with Gasteiger partial charge < -0.3 is 0 Å². The minimum Gasteiger partial charge on any atom is -0.253 e. The van der Waals surface area contributed by atoms with Crippen molar-refractivity contribution in [2.24, 2.45) is 0 Å². The van der Waals surface area contributed by atoms with Gasteiger partial charge in [0, 0.05) is 6.20 Å². The van der Waals surface area contributed by atoms with E-state index in [1.807, 2.05) is 12.1 Å². The first-order valence-electron chi connectivity index (χ1n) is 5.80. The quantitative estimate of drug-likeness (QED) is 0.474. The first-order chi connectivity index (χ1) is 9.93. The molecule has 7 nitrogen and oxygen atoms in total. The van der Waals surface area contributed by atoms with Crippen molar-refractivity contribution in [1.29, 1.82) is 0 Å². The molecule has 4 heterocycles. The van der Waals surface area contributed by atoms with Crippen LogP contribution in [0.25, 0.3) is 22.1 Å². The molecule has 96 valence electrons. The molecular weight excluding hydrogens is 254 g/mol. The van der Waals surface area contributed by atoms with Crippen LogP contribution >= 0.6 is 0 Å². The minimum absolute atomic E-state index is 0.775. The standard InChI is InChI=1S/C7H5N3.C6H4N4/c1-2-6-7(9-3-1)4-8-5-10-6;1-5-6(10-3-7-1)2-8-4-9-5/h1-5H;1-4H. The molecule has 0 atom stereocenters. The molecule has 0 aliphatic rings. The lowest BCUT2D eigenvalue weighted by Crippen LogP contribution is -1.84. The highest BCUT2D eigenvalue weighted by Crippen LogP contribution is 2.02. The average molecular weight is 263 g/mol. The molecule has 0 aliphatic heterocycles. The molecule has 0 aliphatic carbocycles. The number of nitrogens with zero attached hydrogens (tertiary/aromatic N) is 7. The fourth-order valence-electron chi connectivity index (χ4n) is 1.55. The predicted octanol–water partition coefficient (Wildman–Crippen LogP) is 1.44. The van der Waals surface area contributed by atoms with Crippen LogP contribution in [0.5, 0.6) is 0 Å². The van der Waals surface area contributed by atoms with E-state index in [-0.39, 0.29) is 0 Å². The van der Waals surface area contributed by atoms with E-state index in [2.05, 4.69) is 34.9 Å². The molecule has 0 N–H and O–H groups in total. The summed E-state index contributed by atoms with van der Waals surface area (Å²) in [5, 5.41) is 0. The lowest BCUT2D eigenvalue weighted by molar-refractivity contribution is 1.15. The molecule has 0 radical (unpaired) electrons. The summed E-state index contributed by atoms with van der Waals surface area (Å²) < 4.78 is 0. The summed E-state index contributed by atoms with van der Waals surface area (Å²) in [6.07, 6.45) is 11.2. The molecule has 0 spiro atoms. The Hall–Kier alpha value is -3.09. The summed E-state index contributed by atoms with van der Waals surface area (Å²) in [7, 11) is 0. The molecule has 0 saturated heterocycles. The SMILES string of the molecule is c1cnc2cncnc2c1.c1ncc2ncncc2n1. The zero-order chi connectivity index (χ0) is 13.6. The largest absolute Gasteiger partial charge is 0.253 e. The monoisotopic (exact) mass is 263 g/mol. The van der Waals surface area contributed by atoms with Crippen molar-refractivity contribution in [1.82, 2.24) is 34.9 Å². The Morgan fingerprint density at radius 1 is 0.550 bits per heavy atom. The van der Waals surface area contributed by atoms with Crippen LogP contribution in [-0.4, -0.2) is 34.9 Å². The van der Waals surface area contributed by atoms with Crippen LogP contribution in [-0.2, 0) is 0 Å². The van der Waals surface area contributed by atoms with E-state index >= 15 is 0 Å². The molecule has 0 fully saturated rings. The van der Waals surface area contributed by atoms with E-state index in [0.717, 1.165) is 22.1 Å². The Morgan fingerprint density at radius 3 is 1.60 bits per heavy atom. The summed E-state index contributed by atoms with van der Waals surface area (Å²) in [6.45, 7) is 0. The van der Waals surface area contributed by atoms with E-state index in [9.17, 15) is 0 Å². The van der Waals surface area contributed by atoms with Crippen molar-refractivity contribution in [2.75, 3.05) is 0 Å². The zero-order valence-corrected chi connectivity index (χ0v) is 10.3. The fraction of sp³-hybridized carbons (Fsp3) is 0. The molecule has 4 aromatic rings. The Labute approximate surface area is 113 Å². The van der Waals surface area contributed by atoms with E-state index in [0.29, 0.717) is 0 Å². The highest BCUT2D eigenvalue weighted by molar-refractivity contribution is 5.71. The van der Waals surface area contributed by atoms with E-state index in [4.69, 9.17) is 0 Å². The number of hydrogen-bond donors (Lipinski definition) is 0. The van der Waals surface area contributed by atoms with Crippen molar-refractivity contribution in [3.63, 3.8) is 0 Å². The van der Waals surface area contributed by atoms with Crippen LogP contribution in [0.2, 0.25) is 0 Å². The van der Waals surface area contributed by atoms with Gasteiger partial charge in [0.2, 0.25) is 0 Å². The highest BCUT2D eigenvalue weighted by Gasteiger charge is 1.90. The molecule has 0 saturated carbocycles. The maximum Gasteiger partial charge on any atom is 0.116 e. The Balaban J connectivity index is 0.000000121. The molecule has 4 rings (SSSR count). The van der Waals surface area contributed by atoms with E-state index in [1.165, 1.54) is 19.0 Å². The van der Waals surface area contributed by atoms with Gasteiger partial charge in [0.25, 0.3) is 0 Å². The number of aromatic nitrogens is 7. The molecule has 4 aromatic heterocycles. The molecule has 0 aromatic carbocycles. The van der Waals surface area contributed by atoms with E-state index < -0.39 is 0 Å². The third-order valence-corrected chi connectivity index (χ3v) is 2.46. The van der Waals surface area contributed by atoms with Crippen molar-refractivity contribution >= 4 is 22.1 Å². The van der Waals surface area contributed by atoms with Gasteiger partial charge in [-0.2, -0.15) is 0 Å². The highest BCUT2D eigenvalue weighted by atomic mass is 14.9. The summed E-state index contributed by atoms with van der Waals surface area (Å²) in [5.74, 6) is 0. The zero-order valence-electron chi connectivity index (χ0n) is 10.3. The number of pyridine rings is 1. The van der Waals surface area contributed by atoms with Crippen molar-refractivity contribution in [3.8, 4) is 0 Å². The Morgan fingerprint density at radius 2 is 1.05 bits per heavy atom. The molecule has 0 bridgehead atoms. The normalized spacial score (nSPS) is 10.0. The first-order valence-corrected chi connectivity index (χ1v) is 5.80. The third-order valence-electron chi connectivity index (χ3n) is 2.46. The number of fused-ring (bicyclic) bond motifs is 2. The number of hydrogen-bond acceptors (Lipinski definition) is 7. The minimum atomic E-state index is 0.775. The van der Waals surface area contributed by atoms with Crippen molar-refractivity contribution in [2.45, 2.75) is 0 Å². The summed E-state index contributed by atoms with van der Waals surface area (Å²) in [6, 6.07) is 3.76. The van der Waals surface area contributed by atoms with E-state index in [1.54, 1.807) is 24.8 Å². The smallest absolute Gasteiger partial charge is 0.116 e. The predicted molar refractivity (Wildman–Crippen MR) is 72.5 cm³/mol. The average Bonchev–Trinajstić information content (AvgIpc) is 2.56. The van der Waals surface area contributed by atoms with Crippen LogP contribution in [0.3, 0.4) is 0 Å². The maximum absolute atomic E-state index is 4.06. The van der Waals surface area contributed by atoms with Gasteiger partial charge in [-0.25, -0.2) is 29.9 Å². The van der Waals surface area contributed by atoms with Crippen LogP contribution in [0.15, 0.2) is 55.9 Å².